The molecular formula is C22H21F3N2O6. The fourth-order valence-electron chi connectivity index (χ4n) is 4.95. The van der Waals surface area contributed by atoms with Crippen molar-refractivity contribution in [2.45, 2.75) is 63.2 Å². The summed E-state index contributed by atoms with van der Waals surface area (Å²) < 4.78 is 52.2. The Bertz CT molecular complexity index is 1230. The van der Waals surface area contributed by atoms with Gasteiger partial charge in [-0.3, -0.25) is 4.57 Å². The van der Waals surface area contributed by atoms with E-state index in [9.17, 15) is 33.3 Å². The van der Waals surface area contributed by atoms with Crippen molar-refractivity contribution < 1.29 is 42.8 Å². The van der Waals surface area contributed by atoms with Crippen LogP contribution >= 0.6 is 0 Å². The van der Waals surface area contributed by atoms with E-state index in [-0.39, 0.29) is 23.2 Å². The minimum absolute atomic E-state index is 0.0439. The van der Waals surface area contributed by atoms with Gasteiger partial charge in [-0.1, -0.05) is 0 Å². The molecule has 1 saturated heterocycles. The van der Waals surface area contributed by atoms with Crippen LogP contribution in [-0.2, 0) is 31.6 Å². The Hall–Kier alpha value is -3.23. The molecule has 176 valence electrons. The Balaban J connectivity index is 1.93. The van der Waals surface area contributed by atoms with E-state index in [1.807, 2.05) is 0 Å². The van der Waals surface area contributed by atoms with Crippen LogP contribution in [0.5, 0.6) is 11.8 Å². The first kappa shape index (κ1) is 22.9. The molecule has 0 aliphatic carbocycles. The van der Waals surface area contributed by atoms with Gasteiger partial charge in [-0.25, -0.2) is 4.79 Å². The van der Waals surface area contributed by atoms with Crippen LogP contribution in [-0.4, -0.2) is 37.6 Å². The number of aromatic nitrogens is 1. The number of ether oxygens (including phenoxy) is 2. The van der Waals surface area contributed by atoms with Crippen molar-refractivity contribution in [3.05, 3.63) is 40.5 Å². The molecular weight excluding hydrogens is 445 g/mol. The molecule has 2 aromatic rings. The number of aliphatic hydroxyl groups is 1. The normalized spacial score (nSPS) is 28.1. The quantitative estimate of drug-likeness (QED) is 0.593. The van der Waals surface area contributed by atoms with Gasteiger partial charge in [-0.2, -0.15) is 18.4 Å². The van der Waals surface area contributed by atoms with Gasteiger partial charge in [0.25, 0.3) is 0 Å². The van der Waals surface area contributed by atoms with E-state index < -0.39 is 57.9 Å². The molecule has 11 heteroatoms. The zero-order valence-corrected chi connectivity index (χ0v) is 18.1. The third kappa shape index (κ3) is 2.87. The maximum atomic E-state index is 13.5. The Morgan fingerprint density at radius 3 is 2.39 bits per heavy atom. The number of carbonyl (C=O) groups is 1. The Morgan fingerprint density at radius 2 is 1.85 bits per heavy atom. The second-order valence-corrected chi connectivity index (χ2v) is 8.93. The van der Waals surface area contributed by atoms with Crippen LogP contribution in [0.15, 0.2) is 18.2 Å². The predicted molar refractivity (Wildman–Crippen MR) is 105 cm³/mol. The minimum atomic E-state index is -4.86. The molecule has 2 bridgehead atoms. The summed E-state index contributed by atoms with van der Waals surface area (Å²) in [4.78, 5) is 12.8. The molecule has 3 N–H and O–H groups in total. The summed E-state index contributed by atoms with van der Waals surface area (Å²) >= 11 is 0. The number of nitrogens with zero attached hydrogens (tertiary/aromatic N) is 2. The molecule has 8 nitrogen and oxygen atoms in total. The van der Waals surface area contributed by atoms with Crippen LogP contribution in [0.25, 0.3) is 5.69 Å². The molecule has 1 aromatic carbocycles. The van der Waals surface area contributed by atoms with Gasteiger partial charge in [0.05, 0.1) is 40.1 Å². The van der Waals surface area contributed by atoms with Gasteiger partial charge in [-0.15, -0.1) is 0 Å². The third-order valence-corrected chi connectivity index (χ3v) is 6.31. The molecule has 0 spiro atoms. The second kappa shape index (κ2) is 6.65. The third-order valence-electron chi connectivity index (χ3n) is 6.31. The second-order valence-electron chi connectivity index (χ2n) is 8.93. The number of halogens is 3. The van der Waals surface area contributed by atoms with E-state index >= 15 is 0 Å². The fraction of sp³-hybridized carbons (Fsp3) is 0.455. The summed E-state index contributed by atoms with van der Waals surface area (Å²) in [5.74, 6) is -2.30. The molecule has 0 unspecified atom stereocenters. The number of hydrogen-bond donors (Lipinski definition) is 3. The molecule has 1 aromatic heterocycles. The van der Waals surface area contributed by atoms with E-state index in [2.05, 4.69) is 0 Å². The Labute approximate surface area is 186 Å². The summed E-state index contributed by atoms with van der Waals surface area (Å²) in [7, 11) is 0. The lowest BCUT2D eigenvalue weighted by Gasteiger charge is -2.36. The monoisotopic (exact) mass is 466 g/mol. The number of hydrogen-bond acceptors (Lipinski definition) is 7. The highest BCUT2D eigenvalue weighted by atomic mass is 19.4. The number of carbonyl (C=O) groups excluding carboxylic acids is 1. The lowest BCUT2D eigenvalue weighted by molar-refractivity contribution is -0.190. The zero-order valence-electron chi connectivity index (χ0n) is 18.1. The first-order valence-corrected chi connectivity index (χ1v) is 10.0. The van der Waals surface area contributed by atoms with Gasteiger partial charge in [0.2, 0.25) is 11.8 Å². The highest BCUT2D eigenvalue weighted by Gasteiger charge is 2.74. The van der Waals surface area contributed by atoms with E-state index in [1.165, 1.54) is 19.9 Å². The zero-order chi connectivity index (χ0) is 24.7. The topological polar surface area (TPSA) is 125 Å². The van der Waals surface area contributed by atoms with Gasteiger partial charge >= 0.3 is 12.1 Å². The molecule has 0 amide bonds. The van der Waals surface area contributed by atoms with Crippen LogP contribution in [0.2, 0.25) is 0 Å². The molecule has 33 heavy (non-hydrogen) atoms. The van der Waals surface area contributed by atoms with Crippen LogP contribution in [0.1, 0.15) is 56.4 Å². The van der Waals surface area contributed by atoms with Gasteiger partial charge < -0.3 is 24.8 Å². The van der Waals surface area contributed by atoms with E-state index in [1.54, 1.807) is 13.8 Å². The summed E-state index contributed by atoms with van der Waals surface area (Å²) in [5, 5.41) is 42.3. The van der Waals surface area contributed by atoms with Crippen molar-refractivity contribution in [1.29, 1.82) is 5.26 Å². The van der Waals surface area contributed by atoms with Crippen molar-refractivity contribution in [2.75, 3.05) is 0 Å². The smallest absolute Gasteiger partial charge is 0.417 e. The summed E-state index contributed by atoms with van der Waals surface area (Å²) in [6.07, 6.45) is -5.72. The number of aromatic hydroxyl groups is 2. The summed E-state index contributed by atoms with van der Waals surface area (Å²) in [6.45, 7) is 6.01. The molecule has 3 heterocycles. The number of esters is 1. The highest BCUT2D eigenvalue weighted by molar-refractivity contribution is 5.85. The van der Waals surface area contributed by atoms with Gasteiger partial charge in [0.15, 0.2) is 5.60 Å². The predicted octanol–water partition coefficient (Wildman–Crippen LogP) is 3.33. The average Bonchev–Trinajstić information content (AvgIpc) is 3.19. The fourth-order valence-corrected chi connectivity index (χ4v) is 4.95. The maximum Gasteiger partial charge on any atom is 0.417 e. The minimum Gasteiger partial charge on any atom is -0.494 e. The van der Waals surface area contributed by atoms with Gasteiger partial charge in [0, 0.05) is 6.42 Å². The molecule has 4 rings (SSSR count). The number of benzene rings is 1. The SMILES string of the molecule is CC(C)OC(=O)[C@]1(O)C[C@@]2(C)O[C@]1(C)c1c2c(O)n(-c2ccc(C#N)c(C(F)(F)F)c2)c1O. The molecule has 1 fully saturated rings. The van der Waals surface area contributed by atoms with E-state index in [0.717, 1.165) is 16.7 Å². The molecule has 0 radical (unpaired) electrons. The number of rotatable bonds is 3. The Morgan fingerprint density at radius 1 is 1.24 bits per heavy atom. The lowest BCUT2D eigenvalue weighted by atomic mass is 9.69. The van der Waals surface area contributed by atoms with Gasteiger partial charge in [-0.05, 0) is 45.9 Å². The molecule has 0 saturated carbocycles. The number of alkyl halides is 3. The summed E-state index contributed by atoms with van der Waals surface area (Å²) in [6, 6.07) is 4.15. The van der Waals surface area contributed by atoms with Crippen LogP contribution < -0.4 is 0 Å². The Kier molecular flexibility index (Phi) is 4.62. The van der Waals surface area contributed by atoms with E-state index in [0.29, 0.717) is 6.07 Å². The van der Waals surface area contributed by atoms with Crippen LogP contribution in [0, 0.1) is 11.3 Å². The average molecular weight is 466 g/mol. The van der Waals surface area contributed by atoms with Crippen molar-refractivity contribution in [2.24, 2.45) is 0 Å². The highest BCUT2D eigenvalue weighted by Crippen LogP contribution is 2.68. The van der Waals surface area contributed by atoms with Gasteiger partial charge in [0.1, 0.15) is 11.2 Å². The van der Waals surface area contributed by atoms with Crippen LogP contribution in [0.3, 0.4) is 0 Å². The molecule has 2 aliphatic rings. The van der Waals surface area contributed by atoms with Crippen molar-refractivity contribution in [3.8, 4) is 23.5 Å². The van der Waals surface area contributed by atoms with Crippen molar-refractivity contribution in [1.82, 2.24) is 4.57 Å². The van der Waals surface area contributed by atoms with Crippen molar-refractivity contribution >= 4 is 5.97 Å². The maximum absolute atomic E-state index is 13.5. The molecule has 2 aliphatic heterocycles. The molecule has 3 atom stereocenters. The number of fused-ring (bicyclic) bond motifs is 5. The lowest BCUT2D eigenvalue weighted by Crippen LogP contribution is -2.54. The largest absolute Gasteiger partial charge is 0.494 e. The summed E-state index contributed by atoms with van der Waals surface area (Å²) in [5.41, 5.74) is -7.75. The first-order chi connectivity index (χ1) is 15.1. The van der Waals surface area contributed by atoms with Crippen molar-refractivity contribution in [3.63, 3.8) is 0 Å². The number of nitriles is 1. The van der Waals surface area contributed by atoms with E-state index in [4.69, 9.17) is 14.7 Å². The standard InChI is InChI=1S/C22H21F3N2O6/c1-10(2)32-18(30)21(31)9-19(3)14-15(20(21,4)33-19)17(29)27(16(14)28)12-6-5-11(8-26)13(7-12)22(23,24)25/h5-7,10,28-29,31H,9H2,1-4H3/t19-,20-,21-/m1/s1. The van der Waals surface area contributed by atoms with Crippen LogP contribution in [0.4, 0.5) is 13.2 Å². The first-order valence-electron chi connectivity index (χ1n) is 10.0.